The molecular weight excluding hydrogens is 204 g/mol. The van der Waals surface area contributed by atoms with Crippen LogP contribution in [0.3, 0.4) is 0 Å². The Balaban J connectivity index is 2.42. The van der Waals surface area contributed by atoms with Crippen LogP contribution in [0.15, 0.2) is 5.38 Å². The van der Waals surface area contributed by atoms with E-state index in [1.54, 1.807) is 11.3 Å². The van der Waals surface area contributed by atoms with Gasteiger partial charge in [-0.3, -0.25) is 0 Å². The van der Waals surface area contributed by atoms with E-state index in [0.29, 0.717) is 6.04 Å². The molecule has 0 aliphatic heterocycles. The van der Waals surface area contributed by atoms with Crippen molar-refractivity contribution in [1.82, 2.24) is 4.98 Å². The Labute approximate surface area is 97.1 Å². The molecule has 0 aliphatic carbocycles. The maximum atomic E-state index is 4.45. The van der Waals surface area contributed by atoms with Crippen molar-refractivity contribution in [2.45, 2.75) is 58.9 Å². The van der Waals surface area contributed by atoms with Gasteiger partial charge in [-0.25, -0.2) is 4.98 Å². The van der Waals surface area contributed by atoms with Gasteiger partial charge in [0.25, 0.3) is 0 Å². The summed E-state index contributed by atoms with van der Waals surface area (Å²) in [6.45, 7) is 6.53. The molecule has 1 atom stereocenters. The zero-order valence-electron chi connectivity index (χ0n) is 10.0. The molecular formula is C12H22N2S. The normalized spacial score (nSPS) is 12.7. The fourth-order valence-electron chi connectivity index (χ4n) is 1.68. The smallest absolute Gasteiger partial charge is 0.183 e. The van der Waals surface area contributed by atoms with Crippen molar-refractivity contribution >= 4 is 16.5 Å². The van der Waals surface area contributed by atoms with Gasteiger partial charge in [0.05, 0.1) is 5.69 Å². The van der Waals surface area contributed by atoms with Crippen LogP contribution in [0, 0.1) is 6.92 Å². The van der Waals surface area contributed by atoms with E-state index in [1.807, 2.05) is 6.92 Å². The molecule has 0 spiro atoms. The van der Waals surface area contributed by atoms with Gasteiger partial charge >= 0.3 is 0 Å². The Hall–Kier alpha value is -0.570. The lowest BCUT2D eigenvalue weighted by molar-refractivity contribution is 0.564. The minimum absolute atomic E-state index is 0.612. The maximum absolute atomic E-state index is 4.45. The molecule has 2 nitrogen and oxygen atoms in total. The maximum Gasteiger partial charge on any atom is 0.183 e. The molecule has 0 fully saturated rings. The monoisotopic (exact) mass is 226 g/mol. The number of thiazole rings is 1. The molecule has 1 unspecified atom stereocenters. The van der Waals surface area contributed by atoms with E-state index in [-0.39, 0.29) is 0 Å². The van der Waals surface area contributed by atoms with E-state index in [4.69, 9.17) is 0 Å². The van der Waals surface area contributed by atoms with Gasteiger partial charge in [-0.1, -0.05) is 33.1 Å². The molecule has 1 N–H and O–H groups in total. The third kappa shape index (κ3) is 4.65. The minimum Gasteiger partial charge on any atom is -0.359 e. The number of anilines is 1. The highest BCUT2D eigenvalue weighted by Crippen LogP contribution is 2.19. The van der Waals surface area contributed by atoms with Crippen LogP contribution in [0.25, 0.3) is 0 Å². The van der Waals surface area contributed by atoms with Crippen molar-refractivity contribution in [2.75, 3.05) is 5.32 Å². The van der Waals surface area contributed by atoms with E-state index in [0.717, 1.165) is 10.8 Å². The van der Waals surface area contributed by atoms with E-state index in [2.05, 4.69) is 29.5 Å². The molecule has 1 heterocycles. The van der Waals surface area contributed by atoms with Crippen molar-refractivity contribution < 1.29 is 0 Å². The molecule has 1 rings (SSSR count). The summed E-state index contributed by atoms with van der Waals surface area (Å²) < 4.78 is 0. The Kier molecular flexibility index (Phi) is 5.69. The topological polar surface area (TPSA) is 24.9 Å². The highest BCUT2D eigenvalue weighted by Gasteiger charge is 2.08. The fourth-order valence-corrected chi connectivity index (χ4v) is 2.45. The van der Waals surface area contributed by atoms with Crippen LogP contribution >= 0.6 is 11.3 Å². The molecule has 0 bridgehead atoms. The molecule has 15 heavy (non-hydrogen) atoms. The summed E-state index contributed by atoms with van der Waals surface area (Å²) in [5.41, 5.74) is 1.12. The Morgan fingerprint density at radius 3 is 2.67 bits per heavy atom. The Bertz CT molecular complexity index is 270. The van der Waals surface area contributed by atoms with E-state index >= 15 is 0 Å². The van der Waals surface area contributed by atoms with Crippen LogP contribution in [0.2, 0.25) is 0 Å². The van der Waals surface area contributed by atoms with Crippen molar-refractivity contribution in [3.63, 3.8) is 0 Å². The molecule has 3 heteroatoms. The van der Waals surface area contributed by atoms with Crippen LogP contribution < -0.4 is 5.32 Å². The van der Waals surface area contributed by atoms with Gasteiger partial charge in [0.1, 0.15) is 0 Å². The third-order valence-electron chi connectivity index (χ3n) is 2.49. The lowest BCUT2D eigenvalue weighted by Crippen LogP contribution is -2.18. The largest absolute Gasteiger partial charge is 0.359 e. The van der Waals surface area contributed by atoms with Gasteiger partial charge in [-0.2, -0.15) is 0 Å². The summed E-state index contributed by atoms with van der Waals surface area (Å²) in [4.78, 5) is 4.45. The molecule has 1 aromatic rings. The fraction of sp³-hybridized carbons (Fsp3) is 0.750. The van der Waals surface area contributed by atoms with Crippen LogP contribution in [-0.4, -0.2) is 11.0 Å². The average molecular weight is 226 g/mol. The minimum atomic E-state index is 0.612. The van der Waals surface area contributed by atoms with Gasteiger partial charge in [0.15, 0.2) is 5.13 Å². The number of nitrogens with zero attached hydrogens (tertiary/aromatic N) is 1. The predicted octanol–water partition coefficient (Wildman–Crippen LogP) is 4.22. The first-order chi connectivity index (χ1) is 7.26. The van der Waals surface area contributed by atoms with E-state index < -0.39 is 0 Å². The summed E-state index contributed by atoms with van der Waals surface area (Å²) in [7, 11) is 0. The number of aromatic nitrogens is 1. The molecule has 0 saturated carbocycles. The van der Waals surface area contributed by atoms with Crippen LogP contribution in [0.5, 0.6) is 0 Å². The summed E-state index contributed by atoms with van der Waals surface area (Å²) in [6, 6.07) is 0.612. The Morgan fingerprint density at radius 2 is 2.13 bits per heavy atom. The highest BCUT2D eigenvalue weighted by atomic mass is 32.1. The number of nitrogens with one attached hydrogen (secondary N) is 1. The predicted molar refractivity (Wildman–Crippen MR) is 68.7 cm³/mol. The first-order valence-electron chi connectivity index (χ1n) is 5.95. The molecule has 0 saturated heterocycles. The van der Waals surface area contributed by atoms with Gasteiger partial charge in [-0.15, -0.1) is 11.3 Å². The number of rotatable bonds is 7. The van der Waals surface area contributed by atoms with Crippen LogP contribution in [0.1, 0.15) is 51.6 Å². The van der Waals surface area contributed by atoms with E-state index in [1.165, 1.54) is 32.1 Å². The van der Waals surface area contributed by atoms with Gasteiger partial charge in [-0.05, 0) is 19.8 Å². The number of unbranched alkanes of at least 4 members (excludes halogenated alkanes) is 1. The van der Waals surface area contributed by atoms with Crippen LogP contribution in [-0.2, 0) is 0 Å². The van der Waals surface area contributed by atoms with Gasteiger partial charge < -0.3 is 5.32 Å². The van der Waals surface area contributed by atoms with Crippen molar-refractivity contribution in [1.29, 1.82) is 0 Å². The number of hydrogen-bond acceptors (Lipinski definition) is 3. The van der Waals surface area contributed by atoms with Gasteiger partial charge in [0, 0.05) is 11.4 Å². The van der Waals surface area contributed by atoms with E-state index in [9.17, 15) is 0 Å². The number of aryl methyl sites for hydroxylation is 1. The highest BCUT2D eigenvalue weighted by molar-refractivity contribution is 7.13. The van der Waals surface area contributed by atoms with Crippen molar-refractivity contribution in [2.24, 2.45) is 0 Å². The number of hydrogen-bond donors (Lipinski definition) is 1. The third-order valence-corrected chi connectivity index (χ3v) is 3.38. The second-order valence-corrected chi connectivity index (χ2v) is 4.92. The zero-order valence-corrected chi connectivity index (χ0v) is 10.9. The SMILES string of the molecule is CCCCC(CCC)Nc1nc(C)cs1. The molecule has 1 aromatic heterocycles. The van der Waals surface area contributed by atoms with Crippen molar-refractivity contribution in [3.05, 3.63) is 11.1 Å². The lowest BCUT2D eigenvalue weighted by Gasteiger charge is -2.16. The van der Waals surface area contributed by atoms with Crippen molar-refractivity contribution in [3.8, 4) is 0 Å². The summed E-state index contributed by atoms with van der Waals surface area (Å²) >= 11 is 1.71. The first kappa shape index (κ1) is 12.5. The van der Waals surface area contributed by atoms with Crippen LogP contribution in [0.4, 0.5) is 5.13 Å². The molecule has 0 radical (unpaired) electrons. The standard InChI is InChI=1S/C12H22N2S/c1-4-6-8-11(7-5-2)14-12-13-10(3)9-15-12/h9,11H,4-8H2,1-3H3,(H,13,14). The Morgan fingerprint density at radius 1 is 1.33 bits per heavy atom. The molecule has 0 aliphatic rings. The lowest BCUT2D eigenvalue weighted by atomic mass is 10.1. The molecule has 0 aromatic carbocycles. The molecule has 86 valence electrons. The molecule has 0 amide bonds. The van der Waals surface area contributed by atoms with Gasteiger partial charge in [0.2, 0.25) is 0 Å². The second kappa shape index (κ2) is 6.83. The summed E-state index contributed by atoms with van der Waals surface area (Å²) in [5, 5.41) is 6.73. The quantitative estimate of drug-likeness (QED) is 0.753. The summed E-state index contributed by atoms with van der Waals surface area (Å²) in [6.07, 6.45) is 6.34. The summed E-state index contributed by atoms with van der Waals surface area (Å²) in [5.74, 6) is 0. The zero-order chi connectivity index (χ0) is 11.1. The average Bonchev–Trinajstić information content (AvgIpc) is 2.61. The first-order valence-corrected chi connectivity index (χ1v) is 6.82. The second-order valence-electron chi connectivity index (χ2n) is 4.07.